The van der Waals surface area contributed by atoms with Crippen molar-refractivity contribution in [1.29, 1.82) is 5.26 Å². The Morgan fingerprint density at radius 2 is 2.00 bits per heavy atom. The molecule has 0 spiro atoms. The van der Waals surface area contributed by atoms with Gasteiger partial charge in [0.25, 0.3) is 0 Å². The summed E-state index contributed by atoms with van der Waals surface area (Å²) in [7, 11) is 0. The highest BCUT2D eigenvalue weighted by Gasteiger charge is 2.08. The van der Waals surface area contributed by atoms with E-state index in [0.717, 1.165) is 22.7 Å². The Bertz CT molecular complexity index is 532. The molecule has 0 N–H and O–H groups in total. The van der Waals surface area contributed by atoms with Gasteiger partial charge < -0.3 is 0 Å². The molecule has 80 valence electrons. The SMILES string of the molecule is CCc1nc(C)c(-c2ccc(C#N)cc2)s1. The van der Waals surface area contributed by atoms with Crippen molar-refractivity contribution in [2.24, 2.45) is 0 Å². The van der Waals surface area contributed by atoms with E-state index in [2.05, 4.69) is 18.0 Å². The second kappa shape index (κ2) is 4.46. The van der Waals surface area contributed by atoms with Gasteiger partial charge in [-0.05, 0) is 31.0 Å². The minimum atomic E-state index is 0.696. The molecule has 0 amide bonds. The zero-order valence-electron chi connectivity index (χ0n) is 9.32. The summed E-state index contributed by atoms with van der Waals surface area (Å²) in [6.45, 7) is 4.14. The van der Waals surface area contributed by atoms with E-state index in [1.165, 1.54) is 4.88 Å². The van der Waals surface area contributed by atoms with E-state index >= 15 is 0 Å². The van der Waals surface area contributed by atoms with Crippen LogP contribution in [-0.2, 0) is 6.42 Å². The Kier molecular flexibility index (Phi) is 3.02. The van der Waals surface area contributed by atoms with Gasteiger partial charge in [0, 0.05) is 0 Å². The molecule has 0 saturated carbocycles. The third-order valence-electron chi connectivity index (χ3n) is 2.42. The van der Waals surface area contributed by atoms with Crippen molar-refractivity contribution in [3.8, 4) is 16.5 Å². The summed E-state index contributed by atoms with van der Waals surface area (Å²) >= 11 is 1.73. The second-order valence-corrected chi connectivity index (χ2v) is 4.65. The number of aryl methyl sites for hydroxylation is 2. The van der Waals surface area contributed by atoms with Gasteiger partial charge >= 0.3 is 0 Å². The smallest absolute Gasteiger partial charge is 0.0991 e. The van der Waals surface area contributed by atoms with E-state index in [4.69, 9.17) is 5.26 Å². The maximum Gasteiger partial charge on any atom is 0.0991 e. The summed E-state index contributed by atoms with van der Waals surface area (Å²) in [5, 5.41) is 9.90. The van der Waals surface area contributed by atoms with Crippen LogP contribution in [0.5, 0.6) is 0 Å². The molecule has 1 aromatic heterocycles. The van der Waals surface area contributed by atoms with Crippen LogP contribution in [0, 0.1) is 18.3 Å². The van der Waals surface area contributed by atoms with E-state index < -0.39 is 0 Å². The standard InChI is InChI=1S/C13H12N2S/c1-3-12-15-9(2)13(16-12)11-6-4-10(8-14)5-7-11/h4-7H,3H2,1-2H3. The molecule has 0 radical (unpaired) electrons. The zero-order valence-corrected chi connectivity index (χ0v) is 10.1. The maximum atomic E-state index is 8.74. The molecule has 0 aliphatic carbocycles. The topological polar surface area (TPSA) is 36.7 Å². The van der Waals surface area contributed by atoms with Crippen LogP contribution in [0.25, 0.3) is 10.4 Å². The molecule has 2 nitrogen and oxygen atoms in total. The van der Waals surface area contributed by atoms with Crippen LogP contribution >= 0.6 is 11.3 Å². The van der Waals surface area contributed by atoms with Gasteiger partial charge in [0.2, 0.25) is 0 Å². The number of aromatic nitrogens is 1. The summed E-state index contributed by atoms with van der Waals surface area (Å²) in [5.74, 6) is 0. The Labute approximate surface area is 99.2 Å². The molecule has 2 aromatic rings. The molecule has 0 atom stereocenters. The number of hydrogen-bond donors (Lipinski definition) is 0. The molecule has 0 fully saturated rings. The second-order valence-electron chi connectivity index (χ2n) is 3.56. The van der Waals surface area contributed by atoms with Gasteiger partial charge in [0.15, 0.2) is 0 Å². The van der Waals surface area contributed by atoms with E-state index in [9.17, 15) is 0 Å². The average Bonchev–Trinajstić information content (AvgIpc) is 2.71. The molecule has 1 aromatic carbocycles. The third kappa shape index (κ3) is 1.98. The lowest BCUT2D eigenvalue weighted by molar-refractivity contribution is 1.07. The van der Waals surface area contributed by atoms with Gasteiger partial charge in [0.05, 0.1) is 27.2 Å². The highest BCUT2D eigenvalue weighted by atomic mass is 32.1. The van der Waals surface area contributed by atoms with Gasteiger partial charge in [-0.1, -0.05) is 19.1 Å². The van der Waals surface area contributed by atoms with Crippen LogP contribution in [-0.4, -0.2) is 4.98 Å². The fraction of sp³-hybridized carbons (Fsp3) is 0.231. The van der Waals surface area contributed by atoms with Crippen LogP contribution in [0.2, 0.25) is 0 Å². The molecular formula is C13H12N2S. The van der Waals surface area contributed by atoms with E-state index in [1.54, 1.807) is 11.3 Å². The van der Waals surface area contributed by atoms with Crippen LogP contribution in [0.15, 0.2) is 24.3 Å². The number of rotatable bonds is 2. The summed E-state index contributed by atoms with van der Waals surface area (Å²) in [5.41, 5.74) is 2.92. The van der Waals surface area contributed by atoms with Gasteiger partial charge in [-0.2, -0.15) is 5.26 Å². The first-order chi connectivity index (χ1) is 7.74. The number of thiazole rings is 1. The fourth-order valence-electron chi connectivity index (χ4n) is 1.57. The molecule has 0 bridgehead atoms. The predicted octanol–water partition coefficient (Wildman–Crippen LogP) is 3.55. The van der Waals surface area contributed by atoms with Crippen LogP contribution in [0.1, 0.15) is 23.2 Å². The summed E-state index contributed by atoms with van der Waals surface area (Å²) in [6.07, 6.45) is 0.974. The summed E-state index contributed by atoms with van der Waals surface area (Å²) in [6, 6.07) is 9.79. The molecular weight excluding hydrogens is 216 g/mol. The molecule has 2 rings (SSSR count). The highest BCUT2D eigenvalue weighted by molar-refractivity contribution is 7.15. The first-order valence-electron chi connectivity index (χ1n) is 5.21. The highest BCUT2D eigenvalue weighted by Crippen LogP contribution is 2.30. The molecule has 0 unspecified atom stereocenters. The van der Waals surface area contributed by atoms with Crippen molar-refractivity contribution in [3.63, 3.8) is 0 Å². The zero-order chi connectivity index (χ0) is 11.5. The van der Waals surface area contributed by atoms with Crippen molar-refractivity contribution in [2.75, 3.05) is 0 Å². The lowest BCUT2D eigenvalue weighted by Crippen LogP contribution is -1.79. The Hall–Kier alpha value is -1.66. The van der Waals surface area contributed by atoms with E-state index in [0.29, 0.717) is 5.56 Å². The van der Waals surface area contributed by atoms with Gasteiger partial charge in [0.1, 0.15) is 0 Å². The van der Waals surface area contributed by atoms with Crippen molar-refractivity contribution in [1.82, 2.24) is 4.98 Å². The van der Waals surface area contributed by atoms with Crippen molar-refractivity contribution < 1.29 is 0 Å². The van der Waals surface area contributed by atoms with Crippen LogP contribution < -0.4 is 0 Å². The lowest BCUT2D eigenvalue weighted by Gasteiger charge is -1.97. The van der Waals surface area contributed by atoms with Gasteiger partial charge in [-0.3, -0.25) is 0 Å². The van der Waals surface area contributed by atoms with Crippen LogP contribution in [0.3, 0.4) is 0 Å². The van der Waals surface area contributed by atoms with Crippen molar-refractivity contribution in [3.05, 3.63) is 40.5 Å². The number of nitriles is 1. The number of benzene rings is 1. The molecule has 3 heteroatoms. The molecule has 0 aliphatic rings. The largest absolute Gasteiger partial charge is 0.246 e. The minimum absolute atomic E-state index is 0.696. The Morgan fingerprint density at radius 1 is 1.31 bits per heavy atom. The molecule has 0 saturated heterocycles. The van der Waals surface area contributed by atoms with Gasteiger partial charge in [-0.25, -0.2) is 4.98 Å². The van der Waals surface area contributed by atoms with E-state index in [1.807, 2.05) is 31.2 Å². The fourth-order valence-corrected chi connectivity index (χ4v) is 2.58. The molecule has 16 heavy (non-hydrogen) atoms. The Morgan fingerprint density at radius 3 is 2.50 bits per heavy atom. The first kappa shape index (κ1) is 10.8. The number of hydrogen-bond acceptors (Lipinski definition) is 3. The van der Waals surface area contributed by atoms with Crippen molar-refractivity contribution >= 4 is 11.3 Å². The Balaban J connectivity index is 2.42. The normalized spacial score (nSPS) is 10.1. The summed E-state index contributed by atoms with van der Waals surface area (Å²) < 4.78 is 0. The average molecular weight is 228 g/mol. The predicted molar refractivity (Wildman–Crippen MR) is 66.4 cm³/mol. The first-order valence-corrected chi connectivity index (χ1v) is 6.03. The number of nitrogens with zero attached hydrogens (tertiary/aromatic N) is 2. The monoisotopic (exact) mass is 228 g/mol. The van der Waals surface area contributed by atoms with E-state index in [-0.39, 0.29) is 0 Å². The van der Waals surface area contributed by atoms with Gasteiger partial charge in [-0.15, -0.1) is 11.3 Å². The molecule has 0 aliphatic heterocycles. The summed E-state index contributed by atoms with van der Waals surface area (Å²) in [4.78, 5) is 5.71. The lowest BCUT2D eigenvalue weighted by atomic mass is 10.1. The quantitative estimate of drug-likeness (QED) is 0.788. The van der Waals surface area contributed by atoms with Crippen molar-refractivity contribution in [2.45, 2.75) is 20.3 Å². The minimum Gasteiger partial charge on any atom is -0.246 e. The third-order valence-corrected chi connectivity index (χ3v) is 3.77. The van der Waals surface area contributed by atoms with Crippen LogP contribution in [0.4, 0.5) is 0 Å². The molecule has 1 heterocycles. The maximum absolute atomic E-state index is 8.74.